The zero-order valence-corrected chi connectivity index (χ0v) is 10.4. The second kappa shape index (κ2) is 5.07. The van der Waals surface area contributed by atoms with Crippen molar-refractivity contribution in [1.82, 2.24) is 0 Å². The summed E-state index contributed by atoms with van der Waals surface area (Å²) in [5, 5.41) is 10.7. The van der Waals surface area contributed by atoms with Crippen molar-refractivity contribution in [1.29, 1.82) is 0 Å². The Morgan fingerprint density at radius 3 is 2.89 bits per heavy atom. The van der Waals surface area contributed by atoms with E-state index in [1.54, 1.807) is 4.90 Å². The fraction of sp³-hybridized carbons (Fsp3) is 0.455. The van der Waals surface area contributed by atoms with Crippen molar-refractivity contribution in [3.63, 3.8) is 0 Å². The van der Waals surface area contributed by atoms with Gasteiger partial charge in [0.15, 0.2) is 0 Å². The summed E-state index contributed by atoms with van der Waals surface area (Å²) in [6.45, 7) is 1.12. The molecule has 0 aliphatic carbocycles. The Labute approximate surface area is 108 Å². The van der Waals surface area contributed by atoms with E-state index in [0.29, 0.717) is 13.1 Å². The monoisotopic (exact) mass is 273 g/mol. The van der Waals surface area contributed by atoms with Crippen molar-refractivity contribution in [2.45, 2.75) is 18.9 Å². The van der Waals surface area contributed by atoms with Crippen LogP contribution >= 0.6 is 11.6 Å². The Morgan fingerprint density at radius 2 is 2.28 bits per heavy atom. The molecular formula is C11H13ClFN3O2. The normalized spacial score (nSPS) is 19.9. The van der Waals surface area contributed by atoms with Crippen LogP contribution in [0.5, 0.6) is 0 Å². The zero-order chi connectivity index (χ0) is 13.3. The molecule has 0 saturated carbocycles. The maximum atomic E-state index is 13.5. The van der Waals surface area contributed by atoms with Crippen molar-refractivity contribution in [3.8, 4) is 0 Å². The molecule has 5 nitrogen and oxygen atoms in total. The summed E-state index contributed by atoms with van der Waals surface area (Å²) in [7, 11) is 0. The van der Waals surface area contributed by atoms with Crippen molar-refractivity contribution in [2.75, 3.05) is 18.0 Å². The van der Waals surface area contributed by atoms with Crippen molar-refractivity contribution < 1.29 is 9.31 Å². The van der Waals surface area contributed by atoms with Crippen LogP contribution in [0.2, 0.25) is 5.02 Å². The number of nitro benzene ring substituents is 1. The van der Waals surface area contributed by atoms with Crippen LogP contribution in [-0.4, -0.2) is 24.1 Å². The van der Waals surface area contributed by atoms with E-state index in [0.717, 1.165) is 25.0 Å². The van der Waals surface area contributed by atoms with Crippen LogP contribution in [0.15, 0.2) is 12.1 Å². The molecule has 2 rings (SSSR count). The van der Waals surface area contributed by atoms with Gasteiger partial charge in [0.1, 0.15) is 11.5 Å². The summed E-state index contributed by atoms with van der Waals surface area (Å²) >= 11 is 5.57. The SMILES string of the molecule is NC1CCCN(c2cc(F)c(Cl)cc2[N+](=O)[O-])C1. The smallest absolute Gasteiger partial charge is 0.294 e. The topological polar surface area (TPSA) is 72.4 Å². The third kappa shape index (κ3) is 2.54. The minimum atomic E-state index is -0.656. The van der Waals surface area contributed by atoms with Crippen molar-refractivity contribution in [3.05, 3.63) is 33.1 Å². The number of nitro groups is 1. The van der Waals surface area contributed by atoms with Crippen LogP contribution < -0.4 is 10.6 Å². The average molecular weight is 274 g/mol. The molecule has 0 radical (unpaired) electrons. The molecule has 0 spiro atoms. The van der Waals surface area contributed by atoms with Gasteiger partial charge in [-0.3, -0.25) is 10.1 Å². The zero-order valence-electron chi connectivity index (χ0n) is 9.60. The van der Waals surface area contributed by atoms with Gasteiger partial charge in [-0.1, -0.05) is 11.6 Å². The number of benzene rings is 1. The molecular weight excluding hydrogens is 261 g/mol. The predicted octanol–water partition coefficient (Wildman–Crippen LogP) is 2.31. The first kappa shape index (κ1) is 13.0. The minimum absolute atomic E-state index is 0.0444. The van der Waals surface area contributed by atoms with Gasteiger partial charge in [-0.05, 0) is 12.8 Å². The molecule has 0 aromatic heterocycles. The quantitative estimate of drug-likeness (QED) is 0.663. The van der Waals surface area contributed by atoms with Gasteiger partial charge in [0.25, 0.3) is 5.69 Å². The third-order valence-corrected chi connectivity index (χ3v) is 3.30. The molecule has 1 atom stereocenters. The molecule has 1 unspecified atom stereocenters. The molecule has 1 aromatic rings. The number of nitrogens with two attached hydrogens (primary N) is 1. The standard InChI is InChI=1S/C11H13ClFN3O2/c12-8-4-11(16(17)18)10(5-9(8)13)15-3-1-2-7(14)6-15/h4-5,7H,1-3,6,14H2. The lowest BCUT2D eigenvalue weighted by Gasteiger charge is -2.32. The largest absolute Gasteiger partial charge is 0.364 e. The molecule has 0 amide bonds. The molecule has 7 heteroatoms. The molecule has 18 heavy (non-hydrogen) atoms. The fourth-order valence-corrected chi connectivity index (χ4v) is 2.31. The Kier molecular flexibility index (Phi) is 3.68. The van der Waals surface area contributed by atoms with Crippen LogP contribution in [0.4, 0.5) is 15.8 Å². The van der Waals surface area contributed by atoms with E-state index in [1.165, 1.54) is 0 Å². The van der Waals surface area contributed by atoms with Gasteiger partial charge in [-0.25, -0.2) is 4.39 Å². The Balaban J connectivity index is 2.41. The summed E-state index contributed by atoms with van der Waals surface area (Å²) in [4.78, 5) is 12.2. The Morgan fingerprint density at radius 1 is 1.56 bits per heavy atom. The van der Waals surface area contributed by atoms with E-state index in [1.807, 2.05) is 0 Å². The van der Waals surface area contributed by atoms with Gasteiger partial charge in [0.05, 0.1) is 9.95 Å². The number of halogens is 2. The van der Waals surface area contributed by atoms with E-state index in [-0.39, 0.29) is 22.4 Å². The first-order chi connectivity index (χ1) is 8.49. The van der Waals surface area contributed by atoms with Gasteiger partial charge in [-0.15, -0.1) is 0 Å². The third-order valence-electron chi connectivity index (χ3n) is 3.01. The lowest BCUT2D eigenvalue weighted by Crippen LogP contribution is -2.43. The van der Waals surface area contributed by atoms with Crippen molar-refractivity contribution in [2.24, 2.45) is 5.73 Å². The van der Waals surface area contributed by atoms with Gasteiger partial charge in [0.2, 0.25) is 0 Å². The summed E-state index contributed by atoms with van der Waals surface area (Å²) in [6, 6.07) is 2.11. The number of rotatable bonds is 2. The van der Waals surface area contributed by atoms with E-state index in [2.05, 4.69) is 0 Å². The molecule has 1 aliphatic heterocycles. The predicted molar refractivity (Wildman–Crippen MR) is 67.5 cm³/mol. The molecule has 0 bridgehead atoms. The number of anilines is 1. The molecule has 1 fully saturated rings. The maximum absolute atomic E-state index is 13.5. The highest BCUT2D eigenvalue weighted by Crippen LogP contribution is 2.34. The highest BCUT2D eigenvalue weighted by atomic mass is 35.5. The number of hydrogen-bond donors (Lipinski definition) is 1. The van der Waals surface area contributed by atoms with E-state index in [4.69, 9.17) is 17.3 Å². The maximum Gasteiger partial charge on any atom is 0.294 e. The van der Waals surface area contributed by atoms with Crippen LogP contribution in [0.25, 0.3) is 0 Å². The van der Waals surface area contributed by atoms with Crippen LogP contribution in [0.1, 0.15) is 12.8 Å². The summed E-state index contributed by atoms with van der Waals surface area (Å²) in [6.07, 6.45) is 1.71. The second-order valence-electron chi connectivity index (χ2n) is 4.36. The van der Waals surface area contributed by atoms with Gasteiger partial charge in [0, 0.05) is 31.3 Å². The Bertz CT molecular complexity index is 484. The summed E-state index contributed by atoms with van der Waals surface area (Å²) in [5.74, 6) is -0.656. The molecule has 1 heterocycles. The molecule has 2 N–H and O–H groups in total. The van der Waals surface area contributed by atoms with E-state index < -0.39 is 10.7 Å². The molecule has 1 aliphatic rings. The van der Waals surface area contributed by atoms with Crippen molar-refractivity contribution >= 4 is 23.0 Å². The second-order valence-corrected chi connectivity index (χ2v) is 4.77. The van der Waals surface area contributed by atoms with Crippen LogP contribution in [0.3, 0.4) is 0 Å². The van der Waals surface area contributed by atoms with Crippen LogP contribution in [-0.2, 0) is 0 Å². The summed E-state index contributed by atoms with van der Waals surface area (Å²) in [5.41, 5.74) is 5.89. The highest BCUT2D eigenvalue weighted by molar-refractivity contribution is 6.31. The van der Waals surface area contributed by atoms with Gasteiger partial charge >= 0.3 is 0 Å². The van der Waals surface area contributed by atoms with Gasteiger partial charge < -0.3 is 10.6 Å². The van der Waals surface area contributed by atoms with Crippen LogP contribution in [0, 0.1) is 15.9 Å². The van der Waals surface area contributed by atoms with E-state index >= 15 is 0 Å². The Hall–Kier alpha value is -1.40. The number of nitrogens with zero attached hydrogens (tertiary/aromatic N) is 2. The lowest BCUT2D eigenvalue weighted by atomic mass is 10.1. The first-order valence-corrected chi connectivity index (χ1v) is 6.01. The highest BCUT2D eigenvalue weighted by Gasteiger charge is 2.25. The lowest BCUT2D eigenvalue weighted by molar-refractivity contribution is -0.384. The van der Waals surface area contributed by atoms with Gasteiger partial charge in [-0.2, -0.15) is 0 Å². The fourth-order valence-electron chi connectivity index (χ4n) is 2.15. The number of hydrogen-bond acceptors (Lipinski definition) is 4. The molecule has 1 saturated heterocycles. The minimum Gasteiger partial charge on any atom is -0.364 e. The van der Waals surface area contributed by atoms with E-state index in [9.17, 15) is 14.5 Å². The molecule has 1 aromatic carbocycles. The average Bonchev–Trinajstić information content (AvgIpc) is 2.31. The molecule has 98 valence electrons. The first-order valence-electron chi connectivity index (χ1n) is 5.63. The summed E-state index contributed by atoms with van der Waals surface area (Å²) < 4.78 is 13.5. The number of piperidine rings is 1.